The molecule has 2 aliphatic rings. The van der Waals surface area contributed by atoms with Crippen LogP contribution in [0.2, 0.25) is 0 Å². The van der Waals surface area contributed by atoms with Crippen LogP contribution < -0.4 is 10.5 Å². The molecular formula is C24H33F2N5O2. The molecule has 1 aliphatic heterocycles. The van der Waals surface area contributed by atoms with Gasteiger partial charge >= 0.3 is 6.61 Å². The molecule has 1 aliphatic carbocycles. The fourth-order valence-electron chi connectivity index (χ4n) is 5.04. The summed E-state index contributed by atoms with van der Waals surface area (Å²) in [4.78, 5) is 6.55. The van der Waals surface area contributed by atoms with Gasteiger partial charge in [-0.25, -0.2) is 4.98 Å². The number of rotatable bonds is 8. The van der Waals surface area contributed by atoms with Crippen LogP contribution in [-0.4, -0.2) is 58.6 Å². The molecule has 1 saturated carbocycles. The number of hydrogen-bond donors (Lipinski definition) is 1. The Morgan fingerprint density at radius 1 is 1.30 bits per heavy atom. The molecule has 4 rings (SSSR count). The van der Waals surface area contributed by atoms with Crippen molar-refractivity contribution in [1.82, 2.24) is 19.7 Å². The molecule has 0 aromatic carbocycles. The van der Waals surface area contributed by atoms with Crippen molar-refractivity contribution in [2.45, 2.75) is 64.3 Å². The molecule has 1 unspecified atom stereocenters. The number of methoxy groups -OCH3 is 1. The molecule has 2 N–H and O–H groups in total. The lowest BCUT2D eigenvalue weighted by molar-refractivity contribution is -0.0494. The predicted molar refractivity (Wildman–Crippen MR) is 123 cm³/mol. The summed E-state index contributed by atoms with van der Waals surface area (Å²) in [6, 6.07) is 4.14. The maximum atomic E-state index is 12.7. The number of hydrogen-bond acceptors (Lipinski definition) is 6. The number of nitrogen functional groups attached to an aromatic ring is 1. The van der Waals surface area contributed by atoms with Crippen molar-refractivity contribution >= 4 is 5.82 Å². The standard InChI is InChI=1S/C24H33F2N5O2/c1-14(2)31-19(9-16-8-18(7-15(16)3)30-6-5-20(13-30)32-4)11-21(29-31)17-10-22(33-24(25)26)23(27)28-12-17/h10-12,14,16,18,20,24H,3,5-9,13H2,1-2,4H3,(H2,27,28)/t16-,18?,20+/m1/s1. The average Bonchev–Trinajstić information content (AvgIpc) is 3.48. The Kier molecular flexibility index (Phi) is 6.99. The van der Waals surface area contributed by atoms with Crippen LogP contribution >= 0.6 is 0 Å². The van der Waals surface area contributed by atoms with Crippen molar-refractivity contribution in [3.05, 3.63) is 36.2 Å². The van der Waals surface area contributed by atoms with Crippen LogP contribution in [-0.2, 0) is 11.2 Å². The first-order valence-electron chi connectivity index (χ1n) is 11.5. The lowest BCUT2D eigenvalue weighted by Crippen LogP contribution is -2.32. The van der Waals surface area contributed by atoms with Crippen molar-refractivity contribution in [2.75, 3.05) is 25.9 Å². The van der Waals surface area contributed by atoms with Crippen molar-refractivity contribution in [3.8, 4) is 17.0 Å². The van der Waals surface area contributed by atoms with Crippen LogP contribution in [0.3, 0.4) is 0 Å². The van der Waals surface area contributed by atoms with E-state index in [9.17, 15) is 8.78 Å². The molecule has 2 fully saturated rings. The van der Waals surface area contributed by atoms with E-state index < -0.39 is 6.61 Å². The van der Waals surface area contributed by atoms with Crippen LogP contribution in [0, 0.1) is 5.92 Å². The molecule has 1 saturated heterocycles. The van der Waals surface area contributed by atoms with Crippen molar-refractivity contribution < 1.29 is 18.3 Å². The zero-order valence-corrected chi connectivity index (χ0v) is 19.5. The molecule has 3 atom stereocenters. The van der Waals surface area contributed by atoms with Crippen LogP contribution in [0.5, 0.6) is 5.75 Å². The number of pyridine rings is 1. The first-order chi connectivity index (χ1) is 15.7. The molecule has 3 heterocycles. The van der Waals surface area contributed by atoms with Crippen molar-refractivity contribution in [2.24, 2.45) is 5.92 Å². The molecule has 180 valence electrons. The van der Waals surface area contributed by atoms with Gasteiger partial charge in [-0.2, -0.15) is 13.9 Å². The third-order valence-electron chi connectivity index (χ3n) is 6.81. The monoisotopic (exact) mass is 461 g/mol. The predicted octanol–water partition coefficient (Wildman–Crippen LogP) is 4.31. The van der Waals surface area contributed by atoms with E-state index in [1.165, 1.54) is 17.8 Å². The highest BCUT2D eigenvalue weighted by molar-refractivity contribution is 5.64. The Balaban J connectivity index is 1.53. The Bertz CT molecular complexity index is 993. The van der Waals surface area contributed by atoms with Gasteiger partial charge < -0.3 is 15.2 Å². The van der Waals surface area contributed by atoms with E-state index in [0.717, 1.165) is 44.5 Å². The minimum absolute atomic E-state index is 0.0755. The topological polar surface area (TPSA) is 78.4 Å². The molecule has 2 aromatic rings. The third-order valence-corrected chi connectivity index (χ3v) is 6.81. The van der Waals surface area contributed by atoms with Crippen LogP contribution in [0.15, 0.2) is 30.5 Å². The van der Waals surface area contributed by atoms with Gasteiger partial charge in [0.1, 0.15) is 0 Å². The number of nitrogens with zero attached hydrogens (tertiary/aromatic N) is 4. The summed E-state index contributed by atoms with van der Waals surface area (Å²) >= 11 is 0. The van der Waals surface area contributed by atoms with Gasteiger partial charge in [-0.3, -0.25) is 9.58 Å². The number of halogens is 2. The number of aromatic nitrogens is 3. The summed E-state index contributed by atoms with van der Waals surface area (Å²) in [6.45, 7) is 7.63. The SMILES string of the molecule is C=C1CC(N2CC[C@H](OC)C2)C[C@@H]1Cc1cc(-c2cnc(N)c(OC(F)F)c2)nn1C(C)C. The van der Waals surface area contributed by atoms with Crippen molar-refractivity contribution in [1.29, 1.82) is 0 Å². The quantitative estimate of drug-likeness (QED) is 0.591. The van der Waals surface area contributed by atoms with E-state index in [1.54, 1.807) is 7.11 Å². The van der Waals surface area contributed by atoms with Crippen molar-refractivity contribution in [3.63, 3.8) is 0 Å². The van der Waals surface area contributed by atoms with Crippen LogP contribution in [0.1, 0.15) is 44.8 Å². The maximum absolute atomic E-state index is 12.7. The summed E-state index contributed by atoms with van der Waals surface area (Å²) in [5.74, 6) is 0.157. The number of nitrogens with two attached hydrogens (primary N) is 1. The van der Waals surface area contributed by atoms with E-state index in [-0.39, 0.29) is 17.6 Å². The summed E-state index contributed by atoms with van der Waals surface area (Å²) in [5, 5.41) is 4.75. The lowest BCUT2D eigenvalue weighted by atomic mass is 9.97. The molecule has 33 heavy (non-hydrogen) atoms. The van der Waals surface area contributed by atoms with Crippen LogP contribution in [0.25, 0.3) is 11.3 Å². The maximum Gasteiger partial charge on any atom is 0.387 e. The second-order valence-corrected chi connectivity index (χ2v) is 9.34. The minimum atomic E-state index is -2.97. The molecule has 9 heteroatoms. The number of anilines is 1. The van der Waals surface area contributed by atoms with Gasteiger partial charge in [0.25, 0.3) is 0 Å². The first-order valence-corrected chi connectivity index (χ1v) is 11.5. The summed E-state index contributed by atoms with van der Waals surface area (Å²) < 4.78 is 37.5. The summed E-state index contributed by atoms with van der Waals surface area (Å²) in [5.41, 5.74) is 9.31. The summed E-state index contributed by atoms with van der Waals surface area (Å²) in [6.07, 6.45) is 5.87. The number of likely N-dealkylation sites (tertiary alicyclic amines) is 1. The van der Waals surface area contributed by atoms with E-state index in [2.05, 4.69) is 35.0 Å². The minimum Gasteiger partial charge on any atom is -0.431 e. The second-order valence-electron chi connectivity index (χ2n) is 9.34. The molecular weight excluding hydrogens is 428 g/mol. The molecule has 0 spiro atoms. The van der Waals surface area contributed by atoms with E-state index in [0.29, 0.717) is 29.3 Å². The fourth-order valence-corrected chi connectivity index (χ4v) is 5.04. The van der Waals surface area contributed by atoms with E-state index in [1.807, 2.05) is 10.7 Å². The average molecular weight is 462 g/mol. The molecule has 2 aromatic heterocycles. The van der Waals surface area contributed by atoms with Gasteiger partial charge in [-0.15, -0.1) is 0 Å². The Morgan fingerprint density at radius 3 is 2.76 bits per heavy atom. The normalized spacial score (nSPS) is 23.8. The van der Waals surface area contributed by atoms with Gasteiger partial charge in [0.15, 0.2) is 11.6 Å². The van der Waals surface area contributed by atoms with Gasteiger partial charge in [-0.05, 0) is 57.6 Å². The fraction of sp³-hybridized carbons (Fsp3) is 0.583. The number of ether oxygens (including phenoxy) is 2. The zero-order valence-electron chi connectivity index (χ0n) is 19.5. The van der Waals surface area contributed by atoms with E-state index in [4.69, 9.17) is 15.6 Å². The zero-order chi connectivity index (χ0) is 23.7. The first kappa shape index (κ1) is 23.6. The number of alkyl halides is 2. The Morgan fingerprint density at radius 2 is 2.09 bits per heavy atom. The second kappa shape index (κ2) is 9.77. The van der Waals surface area contributed by atoms with Crippen LogP contribution in [0.4, 0.5) is 14.6 Å². The van der Waals surface area contributed by atoms with Gasteiger partial charge in [0.05, 0.1) is 11.8 Å². The highest BCUT2D eigenvalue weighted by Crippen LogP contribution is 2.38. The molecule has 0 radical (unpaired) electrons. The smallest absolute Gasteiger partial charge is 0.387 e. The lowest BCUT2D eigenvalue weighted by Gasteiger charge is -2.23. The largest absolute Gasteiger partial charge is 0.431 e. The van der Waals surface area contributed by atoms with Gasteiger partial charge in [0, 0.05) is 49.7 Å². The molecule has 7 nitrogen and oxygen atoms in total. The van der Waals surface area contributed by atoms with Gasteiger partial charge in [0.2, 0.25) is 0 Å². The molecule has 0 bridgehead atoms. The van der Waals surface area contributed by atoms with Gasteiger partial charge in [-0.1, -0.05) is 12.2 Å². The highest BCUT2D eigenvalue weighted by atomic mass is 19.3. The Hall–Kier alpha value is -2.52. The summed E-state index contributed by atoms with van der Waals surface area (Å²) in [7, 11) is 1.79. The highest BCUT2D eigenvalue weighted by Gasteiger charge is 2.36. The van der Waals surface area contributed by atoms with E-state index >= 15 is 0 Å². The third kappa shape index (κ3) is 5.19. The molecule has 0 amide bonds. The Labute approximate surface area is 193 Å².